The molecule has 0 aliphatic carbocycles. The van der Waals surface area contributed by atoms with Crippen molar-refractivity contribution in [3.05, 3.63) is 74.0 Å². The van der Waals surface area contributed by atoms with E-state index in [1.54, 1.807) is 24.3 Å². The number of aliphatic hydroxyl groups excluding tert-OH is 1. The summed E-state index contributed by atoms with van der Waals surface area (Å²) in [7, 11) is 1.28. The number of carbonyl (C=O) groups excluding carboxylic acids is 1. The number of carbonyl (C=O) groups is 1. The number of amides is 1. The van der Waals surface area contributed by atoms with Crippen molar-refractivity contribution in [2.24, 2.45) is 7.05 Å². The van der Waals surface area contributed by atoms with Gasteiger partial charge in [0.1, 0.15) is 10.8 Å². The van der Waals surface area contributed by atoms with Gasteiger partial charge in [-0.05, 0) is 23.8 Å². The van der Waals surface area contributed by atoms with Crippen LogP contribution in [0.3, 0.4) is 0 Å². The number of hydrogen-bond acceptors (Lipinski definition) is 4. The molecule has 2 N–H and O–H groups in total. The lowest BCUT2D eigenvalue weighted by Crippen LogP contribution is -2.40. The van der Waals surface area contributed by atoms with E-state index in [2.05, 4.69) is 23.7 Å². The molecule has 0 aliphatic rings. The highest BCUT2D eigenvalue weighted by atomic mass is 35.5. The van der Waals surface area contributed by atoms with Gasteiger partial charge in [0.05, 0.1) is 13.2 Å². The topological polar surface area (TPSA) is 93.3 Å². The molecule has 0 saturated heterocycles. The summed E-state index contributed by atoms with van der Waals surface area (Å²) in [6.07, 6.45) is 0.985. The van der Waals surface area contributed by atoms with E-state index in [0.29, 0.717) is 11.1 Å². The molecule has 0 aliphatic heterocycles. The van der Waals surface area contributed by atoms with Crippen LogP contribution in [0.5, 0.6) is 0 Å². The molecule has 2 rings (SSSR count). The maximum absolute atomic E-state index is 12.3. The largest absolute Gasteiger partial charge is 0.392 e. The third-order valence-electron chi connectivity index (χ3n) is 3.49. The lowest BCUT2D eigenvalue weighted by atomic mass is 10.1. The molecule has 26 heavy (non-hydrogen) atoms. The monoisotopic (exact) mass is 373 g/mol. The normalized spacial score (nSPS) is 9.96. The van der Waals surface area contributed by atoms with E-state index in [1.165, 1.54) is 7.05 Å². The minimum absolute atomic E-state index is 0.0912. The summed E-state index contributed by atoms with van der Waals surface area (Å²) >= 11 is 6.12. The standard InChI is InChI=1S/C18H16ClN3O4/c1-3-14(24)20-15-16(19)22(18(26)21(2)17(15)25)9-5-8-12-6-4-7-13(10-12)11-23/h3-4,6-7,10,23H,1,9,11H2,2H3,(H,20,24). The van der Waals surface area contributed by atoms with Crippen LogP contribution < -0.4 is 16.6 Å². The molecule has 0 spiro atoms. The molecule has 0 bridgehead atoms. The SMILES string of the molecule is C=CC(=O)Nc1c(Cl)n(CC#Cc2cccc(CO)c2)c(=O)n(C)c1=O. The average Bonchev–Trinajstić information content (AvgIpc) is 2.66. The highest BCUT2D eigenvalue weighted by molar-refractivity contribution is 6.32. The van der Waals surface area contributed by atoms with E-state index >= 15 is 0 Å². The molecule has 2 aromatic rings. The fourth-order valence-corrected chi connectivity index (χ4v) is 2.39. The Labute approximate surface area is 154 Å². The van der Waals surface area contributed by atoms with Crippen LogP contribution >= 0.6 is 11.6 Å². The first-order valence-corrected chi connectivity index (χ1v) is 7.88. The van der Waals surface area contributed by atoms with Crippen molar-refractivity contribution in [3.63, 3.8) is 0 Å². The molecule has 0 unspecified atom stereocenters. The number of hydrogen-bond donors (Lipinski definition) is 2. The zero-order chi connectivity index (χ0) is 19.3. The van der Waals surface area contributed by atoms with Crippen LogP contribution in [0, 0.1) is 11.8 Å². The van der Waals surface area contributed by atoms with Gasteiger partial charge in [0.15, 0.2) is 0 Å². The fourth-order valence-electron chi connectivity index (χ4n) is 2.13. The Bertz CT molecular complexity index is 1040. The van der Waals surface area contributed by atoms with Gasteiger partial charge in [-0.3, -0.25) is 18.7 Å². The van der Waals surface area contributed by atoms with E-state index in [1.807, 2.05) is 0 Å². The van der Waals surface area contributed by atoms with Gasteiger partial charge < -0.3 is 10.4 Å². The zero-order valence-electron chi connectivity index (χ0n) is 14.0. The molecule has 0 radical (unpaired) electrons. The molecule has 1 amide bonds. The van der Waals surface area contributed by atoms with Gasteiger partial charge in [-0.15, -0.1) is 0 Å². The molecule has 1 aromatic carbocycles. The first-order chi connectivity index (χ1) is 12.4. The second-order valence-electron chi connectivity index (χ2n) is 5.25. The summed E-state index contributed by atoms with van der Waals surface area (Å²) in [4.78, 5) is 35.9. The maximum Gasteiger partial charge on any atom is 0.332 e. The van der Waals surface area contributed by atoms with Crippen LogP contribution in [0.4, 0.5) is 5.69 Å². The van der Waals surface area contributed by atoms with E-state index in [9.17, 15) is 14.4 Å². The molecular weight excluding hydrogens is 358 g/mol. The summed E-state index contributed by atoms with van der Waals surface area (Å²) < 4.78 is 1.91. The van der Waals surface area contributed by atoms with E-state index in [-0.39, 0.29) is 24.0 Å². The Balaban J connectivity index is 2.42. The van der Waals surface area contributed by atoms with E-state index in [4.69, 9.17) is 16.7 Å². The first kappa shape index (κ1) is 19.2. The van der Waals surface area contributed by atoms with Crippen LogP contribution in [-0.2, 0) is 25.0 Å². The third-order valence-corrected chi connectivity index (χ3v) is 3.89. The second kappa shape index (κ2) is 8.34. The molecule has 8 heteroatoms. The molecular formula is C18H16ClN3O4. The highest BCUT2D eigenvalue weighted by Gasteiger charge is 2.16. The summed E-state index contributed by atoms with van der Waals surface area (Å²) in [5.41, 5.74) is -0.234. The lowest BCUT2D eigenvalue weighted by Gasteiger charge is -2.11. The smallest absolute Gasteiger partial charge is 0.332 e. The lowest BCUT2D eigenvalue weighted by molar-refractivity contribution is -0.111. The van der Waals surface area contributed by atoms with Gasteiger partial charge in [-0.25, -0.2) is 4.79 Å². The first-order valence-electron chi connectivity index (χ1n) is 7.50. The predicted octanol–water partition coefficient (Wildman–Crippen LogP) is 0.869. The Morgan fingerprint density at radius 1 is 1.42 bits per heavy atom. The van der Waals surface area contributed by atoms with Gasteiger partial charge in [0, 0.05) is 12.6 Å². The molecule has 7 nitrogen and oxygen atoms in total. The predicted molar refractivity (Wildman–Crippen MR) is 99.0 cm³/mol. The van der Waals surface area contributed by atoms with Crippen LogP contribution in [0.25, 0.3) is 0 Å². The van der Waals surface area contributed by atoms with Crippen molar-refractivity contribution in [2.75, 3.05) is 5.32 Å². The minimum Gasteiger partial charge on any atom is -0.392 e. The summed E-state index contributed by atoms with van der Waals surface area (Å²) in [6, 6.07) is 6.98. The average molecular weight is 374 g/mol. The zero-order valence-corrected chi connectivity index (χ0v) is 14.7. The van der Waals surface area contributed by atoms with E-state index < -0.39 is 17.2 Å². The number of rotatable bonds is 4. The Hall–Kier alpha value is -3.08. The van der Waals surface area contributed by atoms with Gasteiger partial charge >= 0.3 is 5.69 Å². The molecule has 0 atom stereocenters. The number of nitrogens with one attached hydrogen (secondary N) is 1. The molecule has 134 valence electrons. The van der Waals surface area contributed by atoms with Gasteiger partial charge in [-0.1, -0.05) is 42.2 Å². The maximum atomic E-state index is 12.3. The van der Waals surface area contributed by atoms with Gasteiger partial charge in [0.2, 0.25) is 5.91 Å². The molecule has 1 aromatic heterocycles. The van der Waals surface area contributed by atoms with Crippen molar-refractivity contribution in [3.8, 4) is 11.8 Å². The third kappa shape index (κ3) is 4.11. The second-order valence-corrected chi connectivity index (χ2v) is 5.61. The summed E-state index contributed by atoms with van der Waals surface area (Å²) in [6.45, 7) is 3.11. The van der Waals surface area contributed by atoms with E-state index in [0.717, 1.165) is 15.2 Å². The van der Waals surface area contributed by atoms with Crippen LogP contribution in [0.1, 0.15) is 11.1 Å². The van der Waals surface area contributed by atoms with Crippen molar-refractivity contribution in [2.45, 2.75) is 13.2 Å². The molecule has 1 heterocycles. The highest BCUT2D eigenvalue weighted by Crippen LogP contribution is 2.15. The number of aromatic nitrogens is 2. The van der Waals surface area contributed by atoms with Crippen LogP contribution in [-0.4, -0.2) is 20.1 Å². The Morgan fingerprint density at radius 2 is 2.15 bits per heavy atom. The van der Waals surface area contributed by atoms with Crippen LogP contribution in [0.15, 0.2) is 46.5 Å². The van der Waals surface area contributed by atoms with Crippen molar-refractivity contribution in [1.82, 2.24) is 9.13 Å². The van der Waals surface area contributed by atoms with Gasteiger partial charge in [0.25, 0.3) is 5.56 Å². The number of halogens is 1. The number of benzene rings is 1. The molecule has 0 saturated carbocycles. The number of anilines is 1. The fraction of sp³-hybridized carbons (Fsp3) is 0.167. The number of nitrogens with zero attached hydrogens (tertiary/aromatic N) is 2. The quantitative estimate of drug-likeness (QED) is 0.472. The summed E-state index contributed by atoms with van der Waals surface area (Å²) in [5, 5.41) is 11.2. The number of aliphatic hydroxyl groups is 1. The van der Waals surface area contributed by atoms with Crippen LogP contribution in [0.2, 0.25) is 5.15 Å². The van der Waals surface area contributed by atoms with Crippen molar-refractivity contribution >= 4 is 23.2 Å². The minimum atomic E-state index is -0.727. The van der Waals surface area contributed by atoms with Crippen molar-refractivity contribution < 1.29 is 9.90 Å². The summed E-state index contributed by atoms with van der Waals surface area (Å²) in [5.74, 6) is 5.02. The Kier molecular flexibility index (Phi) is 6.17. The van der Waals surface area contributed by atoms with Gasteiger partial charge in [-0.2, -0.15) is 0 Å². The molecule has 0 fully saturated rings. The Morgan fingerprint density at radius 3 is 2.81 bits per heavy atom. The van der Waals surface area contributed by atoms with Crippen molar-refractivity contribution in [1.29, 1.82) is 0 Å².